The van der Waals surface area contributed by atoms with Crippen LogP contribution in [0.15, 0.2) is 70.1 Å². The van der Waals surface area contributed by atoms with Crippen molar-refractivity contribution >= 4 is 23.0 Å². The molecule has 1 amide bonds. The van der Waals surface area contributed by atoms with E-state index >= 15 is 0 Å². The van der Waals surface area contributed by atoms with Gasteiger partial charge in [-0.1, -0.05) is 12.1 Å². The van der Waals surface area contributed by atoms with Gasteiger partial charge in [-0.15, -0.1) is 0 Å². The number of fused-ring (bicyclic) bond motifs is 1. The van der Waals surface area contributed by atoms with Crippen LogP contribution >= 0.6 is 0 Å². The van der Waals surface area contributed by atoms with E-state index in [1.54, 1.807) is 47.6 Å². The minimum Gasteiger partial charge on any atom is -0.444 e. The second-order valence-electron chi connectivity index (χ2n) is 8.87. The predicted molar refractivity (Wildman–Crippen MR) is 134 cm³/mol. The number of ether oxygens (including phenoxy) is 1. The lowest BCUT2D eigenvalue weighted by atomic mass is 10.1. The number of oxazole rings is 1. The number of amides is 1. The van der Waals surface area contributed by atoms with Crippen LogP contribution in [0.4, 0.5) is 9.18 Å². The summed E-state index contributed by atoms with van der Waals surface area (Å²) in [6, 6.07) is 12.9. The molecule has 37 heavy (non-hydrogen) atoms. The zero-order valence-corrected chi connectivity index (χ0v) is 20.0. The van der Waals surface area contributed by atoms with Gasteiger partial charge in [0, 0.05) is 68.2 Å². The summed E-state index contributed by atoms with van der Waals surface area (Å²) in [7, 11) is 0. The fourth-order valence-electron chi connectivity index (χ4n) is 4.28. The van der Waals surface area contributed by atoms with Crippen LogP contribution < -0.4 is 5.76 Å². The number of halogens is 1. The number of benzene rings is 2. The summed E-state index contributed by atoms with van der Waals surface area (Å²) in [6.07, 6.45) is 3.24. The molecular weight excluding hydrogens is 479 g/mol. The molecule has 1 aliphatic rings. The number of pyridine rings is 1. The maximum absolute atomic E-state index is 13.2. The molecule has 1 saturated heterocycles. The van der Waals surface area contributed by atoms with E-state index in [2.05, 4.69) is 14.9 Å². The smallest absolute Gasteiger partial charge is 0.417 e. The van der Waals surface area contributed by atoms with Gasteiger partial charge in [0.1, 0.15) is 12.4 Å². The Morgan fingerprint density at radius 3 is 2.57 bits per heavy atom. The molecule has 2 aromatic carbocycles. The van der Waals surface area contributed by atoms with Gasteiger partial charge in [-0.2, -0.15) is 0 Å². The van der Waals surface area contributed by atoms with Crippen molar-refractivity contribution in [3.05, 3.63) is 88.4 Å². The van der Waals surface area contributed by atoms with Crippen molar-refractivity contribution in [1.29, 1.82) is 0 Å². The molecular formula is C27H25FN4O5. The average molecular weight is 505 g/mol. The molecule has 0 unspecified atom stereocenters. The van der Waals surface area contributed by atoms with Gasteiger partial charge in [0.15, 0.2) is 11.4 Å². The van der Waals surface area contributed by atoms with E-state index in [0.29, 0.717) is 55.8 Å². The van der Waals surface area contributed by atoms with Crippen LogP contribution in [0.1, 0.15) is 22.3 Å². The van der Waals surface area contributed by atoms with Crippen molar-refractivity contribution in [2.75, 3.05) is 32.7 Å². The summed E-state index contributed by atoms with van der Waals surface area (Å²) in [5.41, 5.74) is 3.80. The van der Waals surface area contributed by atoms with Gasteiger partial charge in [0.25, 0.3) is 0 Å². The van der Waals surface area contributed by atoms with Crippen LogP contribution in [0.25, 0.3) is 22.2 Å². The summed E-state index contributed by atoms with van der Waals surface area (Å²) in [5.74, 6) is -0.894. The van der Waals surface area contributed by atoms with E-state index in [0.717, 1.165) is 16.7 Å². The second kappa shape index (κ2) is 10.8. The molecule has 9 nitrogen and oxygen atoms in total. The fraction of sp³-hybridized carbons (Fsp3) is 0.259. The van der Waals surface area contributed by atoms with Crippen molar-refractivity contribution in [3.8, 4) is 11.1 Å². The van der Waals surface area contributed by atoms with Crippen LogP contribution in [0.3, 0.4) is 0 Å². The van der Waals surface area contributed by atoms with E-state index in [-0.39, 0.29) is 18.2 Å². The lowest BCUT2D eigenvalue weighted by molar-refractivity contribution is 0.0696. The highest BCUT2D eigenvalue weighted by molar-refractivity contribution is 5.98. The van der Waals surface area contributed by atoms with E-state index < -0.39 is 11.8 Å². The standard InChI is InChI=1S/C27H25FN4O5/c28-22-4-1-19(2-5-22)21-13-18(15-29-16-21)17-36-27(35)32-11-9-31(10-12-32)8-7-24(33)20-3-6-23-25(14-20)37-26(34)30-23/h1-6,13-16H,7-12,17H2,(H,30,34). The maximum Gasteiger partial charge on any atom is 0.417 e. The number of aromatic nitrogens is 2. The number of piperazine rings is 1. The molecule has 2 aromatic heterocycles. The van der Waals surface area contributed by atoms with Crippen molar-refractivity contribution in [3.63, 3.8) is 0 Å². The lowest BCUT2D eigenvalue weighted by Gasteiger charge is -2.33. The van der Waals surface area contributed by atoms with Crippen molar-refractivity contribution in [2.45, 2.75) is 13.0 Å². The Bertz CT molecular complexity index is 1470. The van der Waals surface area contributed by atoms with E-state index in [1.807, 2.05) is 6.07 Å². The molecule has 4 aromatic rings. The van der Waals surface area contributed by atoms with Gasteiger partial charge in [0.2, 0.25) is 0 Å². The normalized spacial score (nSPS) is 14.1. The summed E-state index contributed by atoms with van der Waals surface area (Å²) in [5, 5.41) is 0. The van der Waals surface area contributed by atoms with E-state index in [4.69, 9.17) is 9.15 Å². The summed E-state index contributed by atoms with van der Waals surface area (Å²) in [4.78, 5) is 47.0. The monoisotopic (exact) mass is 504 g/mol. The molecule has 1 fully saturated rings. The SMILES string of the molecule is O=C(CCN1CCN(C(=O)OCc2cncc(-c3ccc(F)cc3)c2)CC1)c1ccc2[nH]c(=O)oc2c1. The van der Waals surface area contributed by atoms with E-state index in [9.17, 15) is 18.8 Å². The Hall–Kier alpha value is -4.31. The van der Waals surface area contributed by atoms with Crippen LogP contribution in [-0.4, -0.2) is 64.4 Å². The quantitative estimate of drug-likeness (QED) is 0.381. The molecule has 10 heteroatoms. The first-order valence-electron chi connectivity index (χ1n) is 11.9. The third-order valence-electron chi connectivity index (χ3n) is 6.36. The molecule has 0 saturated carbocycles. The van der Waals surface area contributed by atoms with Gasteiger partial charge >= 0.3 is 11.8 Å². The average Bonchev–Trinajstić information content (AvgIpc) is 3.30. The Balaban J connectivity index is 1.07. The molecule has 0 bridgehead atoms. The zero-order chi connectivity index (χ0) is 25.8. The molecule has 3 heterocycles. The predicted octanol–water partition coefficient (Wildman–Crippen LogP) is 3.85. The summed E-state index contributed by atoms with van der Waals surface area (Å²) >= 11 is 0. The first-order chi connectivity index (χ1) is 17.9. The minimum absolute atomic E-state index is 0.0379. The highest BCUT2D eigenvalue weighted by Crippen LogP contribution is 2.20. The lowest BCUT2D eigenvalue weighted by Crippen LogP contribution is -2.49. The highest BCUT2D eigenvalue weighted by Gasteiger charge is 2.23. The molecule has 0 atom stereocenters. The van der Waals surface area contributed by atoms with Crippen LogP contribution in [0.2, 0.25) is 0 Å². The largest absolute Gasteiger partial charge is 0.444 e. The molecule has 190 valence electrons. The maximum atomic E-state index is 13.2. The topological polar surface area (TPSA) is 109 Å². The van der Waals surface area contributed by atoms with Gasteiger partial charge in [0.05, 0.1) is 5.52 Å². The number of carbonyl (C=O) groups excluding carboxylic acids is 2. The number of nitrogens with zero attached hydrogens (tertiary/aromatic N) is 3. The number of nitrogens with one attached hydrogen (secondary N) is 1. The first kappa shape index (κ1) is 24.4. The molecule has 1 aliphatic heterocycles. The van der Waals surface area contributed by atoms with Crippen molar-refractivity contribution in [1.82, 2.24) is 19.8 Å². The Labute approximate surface area is 211 Å². The molecule has 0 aliphatic carbocycles. The second-order valence-corrected chi connectivity index (χ2v) is 8.87. The van der Waals surface area contributed by atoms with Gasteiger partial charge in [-0.05, 0) is 42.0 Å². The van der Waals surface area contributed by atoms with Crippen LogP contribution in [0.5, 0.6) is 0 Å². The number of hydrogen-bond acceptors (Lipinski definition) is 7. The minimum atomic E-state index is -0.550. The molecule has 0 radical (unpaired) electrons. The zero-order valence-electron chi connectivity index (χ0n) is 20.0. The Morgan fingerprint density at radius 2 is 1.78 bits per heavy atom. The van der Waals surface area contributed by atoms with Crippen LogP contribution in [-0.2, 0) is 11.3 Å². The fourth-order valence-corrected chi connectivity index (χ4v) is 4.28. The number of aromatic amines is 1. The Morgan fingerprint density at radius 1 is 1.00 bits per heavy atom. The van der Waals surface area contributed by atoms with E-state index in [1.165, 1.54) is 12.1 Å². The third kappa shape index (κ3) is 5.92. The summed E-state index contributed by atoms with van der Waals surface area (Å²) < 4.78 is 23.7. The van der Waals surface area contributed by atoms with Crippen molar-refractivity contribution in [2.24, 2.45) is 0 Å². The number of Topliss-reactive ketones (excluding diaryl/α,β-unsaturated/α-hetero) is 1. The number of carbonyl (C=O) groups is 2. The number of hydrogen-bond donors (Lipinski definition) is 1. The first-order valence-corrected chi connectivity index (χ1v) is 11.9. The molecule has 0 spiro atoms. The van der Waals surface area contributed by atoms with Gasteiger partial charge in [-0.25, -0.2) is 14.0 Å². The highest BCUT2D eigenvalue weighted by atomic mass is 19.1. The number of rotatable bonds is 7. The summed E-state index contributed by atoms with van der Waals surface area (Å²) in [6.45, 7) is 2.92. The number of ketones is 1. The Kier molecular flexibility index (Phi) is 7.09. The van der Waals surface area contributed by atoms with Gasteiger partial charge in [-0.3, -0.25) is 19.7 Å². The molecule has 5 rings (SSSR count). The number of H-pyrrole nitrogens is 1. The molecule has 1 N–H and O–H groups in total. The third-order valence-corrected chi connectivity index (χ3v) is 6.36. The van der Waals surface area contributed by atoms with Crippen molar-refractivity contribution < 1.29 is 23.1 Å². The van der Waals surface area contributed by atoms with Gasteiger partial charge < -0.3 is 14.1 Å². The van der Waals surface area contributed by atoms with Crippen LogP contribution in [0, 0.1) is 5.82 Å².